The van der Waals surface area contributed by atoms with Crippen LogP contribution in [0.3, 0.4) is 0 Å². The molecule has 3 nitrogen and oxygen atoms in total. The van der Waals surface area contributed by atoms with Crippen molar-refractivity contribution < 1.29 is 36.2 Å². The molecule has 1 rings (SSSR count). The van der Waals surface area contributed by atoms with Crippen LogP contribution in [-0.4, -0.2) is 29.4 Å². The van der Waals surface area contributed by atoms with E-state index >= 15 is 0 Å². The van der Waals surface area contributed by atoms with Crippen molar-refractivity contribution in [1.29, 1.82) is 0 Å². The number of nitrogens with zero attached hydrogens (tertiary/aromatic N) is 1. The molecule has 0 spiro atoms. The van der Waals surface area contributed by atoms with Crippen molar-refractivity contribution in [2.75, 3.05) is 7.11 Å². The highest BCUT2D eigenvalue weighted by atomic mass is 19.4. The monoisotopic (exact) mass is 317 g/mol. The van der Waals surface area contributed by atoms with Gasteiger partial charge in [-0.25, -0.2) is 13.8 Å². The van der Waals surface area contributed by atoms with Gasteiger partial charge in [0.05, 0.1) is 12.2 Å². The van der Waals surface area contributed by atoms with Crippen molar-refractivity contribution in [3.63, 3.8) is 0 Å². The summed E-state index contributed by atoms with van der Waals surface area (Å²) in [5.41, 5.74) is -3.41. The Hall–Kier alpha value is -1.35. The van der Waals surface area contributed by atoms with Crippen LogP contribution in [0.2, 0.25) is 0 Å². The summed E-state index contributed by atoms with van der Waals surface area (Å²) < 4.78 is 83.5. The van der Waals surface area contributed by atoms with Crippen molar-refractivity contribution in [2.45, 2.75) is 38.1 Å². The maximum Gasteiger partial charge on any atom is 0.436 e. The fraction of sp³-hybridized carbons (Fsp3) is 0.583. The van der Waals surface area contributed by atoms with Crippen LogP contribution in [0.5, 0.6) is 0 Å². The number of aromatic nitrogens is 1. The third kappa shape index (κ3) is 3.46. The van der Waals surface area contributed by atoms with Gasteiger partial charge in [-0.2, -0.15) is 17.6 Å². The lowest BCUT2D eigenvalue weighted by Gasteiger charge is -2.27. The molecule has 1 N–H and O–H groups in total. The van der Waals surface area contributed by atoms with E-state index in [1.165, 1.54) is 6.92 Å². The highest BCUT2D eigenvalue weighted by molar-refractivity contribution is 5.29. The van der Waals surface area contributed by atoms with Gasteiger partial charge in [0.2, 0.25) is 5.95 Å². The van der Waals surface area contributed by atoms with Crippen molar-refractivity contribution in [2.24, 2.45) is 0 Å². The molecule has 3 atom stereocenters. The molecule has 0 amide bonds. The summed E-state index contributed by atoms with van der Waals surface area (Å²) in [4.78, 5) is 2.27. The third-order valence-corrected chi connectivity index (χ3v) is 3.07. The zero-order valence-corrected chi connectivity index (χ0v) is 11.3. The van der Waals surface area contributed by atoms with Gasteiger partial charge in [0.25, 0.3) is 0 Å². The molecule has 1 aromatic rings. The quantitative estimate of drug-likeness (QED) is 0.686. The number of hydrogen-bond acceptors (Lipinski definition) is 3. The van der Waals surface area contributed by atoms with Crippen LogP contribution in [-0.2, 0) is 10.9 Å². The first-order valence-electron chi connectivity index (χ1n) is 5.84. The SMILES string of the molecule is COC(C)C(c1c(F)c(F)nc(C(F)(F)F)c1F)C(C)O. The number of methoxy groups -OCH3 is 1. The topological polar surface area (TPSA) is 42.4 Å². The van der Waals surface area contributed by atoms with E-state index in [4.69, 9.17) is 4.74 Å². The average Bonchev–Trinajstić information content (AvgIpc) is 2.36. The number of ether oxygens (including phenoxy) is 1. The van der Waals surface area contributed by atoms with Crippen molar-refractivity contribution in [1.82, 2.24) is 4.98 Å². The second-order valence-electron chi connectivity index (χ2n) is 4.50. The molecular weight excluding hydrogens is 304 g/mol. The Labute approximate surface area is 116 Å². The number of pyridine rings is 1. The van der Waals surface area contributed by atoms with Crippen LogP contribution < -0.4 is 0 Å². The lowest BCUT2D eigenvalue weighted by Crippen LogP contribution is -2.31. The summed E-state index contributed by atoms with van der Waals surface area (Å²) in [5, 5.41) is 9.56. The first kappa shape index (κ1) is 17.7. The predicted molar refractivity (Wildman–Crippen MR) is 60.0 cm³/mol. The van der Waals surface area contributed by atoms with E-state index in [-0.39, 0.29) is 0 Å². The molecule has 1 heterocycles. The standard InChI is InChI=1S/C12H13F6NO2/c1-4(20)6(5(2)21-3)7-8(13)10(12(16,17)18)19-11(15)9(7)14/h4-6,20H,1-3H3. The number of rotatable bonds is 4. The molecule has 0 aliphatic carbocycles. The molecule has 1 aromatic heterocycles. The van der Waals surface area contributed by atoms with Gasteiger partial charge < -0.3 is 9.84 Å². The number of alkyl halides is 3. The van der Waals surface area contributed by atoms with Crippen LogP contribution in [0.25, 0.3) is 0 Å². The van der Waals surface area contributed by atoms with Gasteiger partial charge in [-0.15, -0.1) is 0 Å². The maximum atomic E-state index is 14.0. The van der Waals surface area contributed by atoms with Crippen molar-refractivity contribution in [3.8, 4) is 0 Å². The van der Waals surface area contributed by atoms with Gasteiger partial charge >= 0.3 is 6.18 Å². The van der Waals surface area contributed by atoms with Crippen LogP contribution in [0.4, 0.5) is 26.3 Å². The summed E-state index contributed by atoms with van der Waals surface area (Å²) in [7, 11) is 1.14. The number of aliphatic hydroxyl groups excluding tert-OH is 1. The molecule has 3 unspecified atom stereocenters. The van der Waals surface area contributed by atoms with Gasteiger partial charge in [-0.1, -0.05) is 0 Å². The maximum absolute atomic E-state index is 14.0. The Morgan fingerprint density at radius 2 is 1.62 bits per heavy atom. The molecule has 0 aliphatic heterocycles. The smallest absolute Gasteiger partial charge is 0.393 e. The summed E-state index contributed by atoms with van der Waals surface area (Å²) in [5.74, 6) is -7.56. The second kappa shape index (κ2) is 6.18. The molecule has 0 bridgehead atoms. The minimum absolute atomic E-state index is 1.06. The Morgan fingerprint density at radius 3 is 2.00 bits per heavy atom. The molecule has 9 heteroatoms. The number of hydrogen-bond donors (Lipinski definition) is 1. The number of aliphatic hydroxyl groups is 1. The van der Waals surface area contributed by atoms with E-state index in [2.05, 4.69) is 4.98 Å². The van der Waals surface area contributed by atoms with Crippen molar-refractivity contribution >= 4 is 0 Å². The molecule has 120 valence electrons. The zero-order valence-electron chi connectivity index (χ0n) is 11.3. The predicted octanol–water partition coefficient (Wildman–Crippen LogP) is 3.02. The summed E-state index contributed by atoms with van der Waals surface area (Å²) in [6, 6.07) is 0. The second-order valence-corrected chi connectivity index (χ2v) is 4.50. The Bertz CT molecular complexity index is 517. The lowest BCUT2D eigenvalue weighted by molar-refractivity contribution is -0.144. The molecule has 21 heavy (non-hydrogen) atoms. The van der Waals surface area contributed by atoms with Crippen LogP contribution >= 0.6 is 0 Å². The fourth-order valence-corrected chi connectivity index (χ4v) is 2.03. The summed E-state index contributed by atoms with van der Waals surface area (Å²) in [6.07, 6.45) is -7.84. The van der Waals surface area contributed by atoms with E-state index < -0.39 is 53.1 Å². The van der Waals surface area contributed by atoms with E-state index in [0.717, 1.165) is 14.0 Å². The van der Waals surface area contributed by atoms with Crippen LogP contribution in [0.15, 0.2) is 0 Å². The summed E-state index contributed by atoms with van der Waals surface area (Å²) >= 11 is 0. The molecular formula is C12H13F6NO2. The molecule has 0 fully saturated rings. The minimum Gasteiger partial charge on any atom is -0.393 e. The van der Waals surface area contributed by atoms with Gasteiger partial charge in [-0.3, -0.25) is 0 Å². The first-order valence-corrected chi connectivity index (χ1v) is 5.84. The van der Waals surface area contributed by atoms with Gasteiger partial charge in [0.15, 0.2) is 17.3 Å². The summed E-state index contributed by atoms with van der Waals surface area (Å²) in [6.45, 7) is 2.38. The fourth-order valence-electron chi connectivity index (χ4n) is 2.03. The molecule has 0 aliphatic rings. The van der Waals surface area contributed by atoms with E-state index in [0.29, 0.717) is 0 Å². The molecule has 0 saturated carbocycles. The third-order valence-electron chi connectivity index (χ3n) is 3.07. The van der Waals surface area contributed by atoms with Gasteiger partial charge in [0.1, 0.15) is 0 Å². The largest absolute Gasteiger partial charge is 0.436 e. The number of halogens is 6. The highest BCUT2D eigenvalue weighted by Crippen LogP contribution is 2.37. The normalized spacial score (nSPS) is 16.7. The van der Waals surface area contributed by atoms with Gasteiger partial charge in [-0.05, 0) is 13.8 Å². The Morgan fingerprint density at radius 1 is 1.10 bits per heavy atom. The van der Waals surface area contributed by atoms with Crippen LogP contribution in [0, 0.1) is 17.6 Å². The van der Waals surface area contributed by atoms with E-state index in [1.54, 1.807) is 0 Å². The Kier molecular flexibility index (Phi) is 5.21. The van der Waals surface area contributed by atoms with Crippen LogP contribution in [0.1, 0.15) is 31.0 Å². The molecule has 0 radical (unpaired) electrons. The minimum atomic E-state index is -5.30. The molecule has 0 aromatic carbocycles. The molecule has 0 saturated heterocycles. The average molecular weight is 317 g/mol. The van der Waals surface area contributed by atoms with E-state index in [1.807, 2.05) is 0 Å². The lowest BCUT2D eigenvalue weighted by atomic mass is 9.88. The first-order chi connectivity index (χ1) is 9.52. The highest BCUT2D eigenvalue weighted by Gasteiger charge is 2.42. The van der Waals surface area contributed by atoms with E-state index in [9.17, 15) is 31.4 Å². The van der Waals surface area contributed by atoms with Gasteiger partial charge in [0, 0.05) is 18.6 Å². The Balaban J connectivity index is 3.64. The zero-order chi connectivity index (χ0) is 16.5. The van der Waals surface area contributed by atoms with Crippen molar-refractivity contribution in [3.05, 3.63) is 28.8 Å².